The van der Waals surface area contributed by atoms with E-state index in [1.165, 1.54) is 0 Å². The average molecular weight is 236 g/mol. The summed E-state index contributed by atoms with van der Waals surface area (Å²) < 4.78 is 1.95. The van der Waals surface area contributed by atoms with E-state index < -0.39 is 0 Å². The Kier molecular flexibility index (Phi) is 3.01. The van der Waals surface area contributed by atoms with Crippen LogP contribution in [0.3, 0.4) is 0 Å². The topological polar surface area (TPSA) is 22.0 Å². The van der Waals surface area contributed by atoms with Crippen molar-refractivity contribution in [1.82, 2.24) is 4.57 Å². The van der Waals surface area contributed by atoms with Crippen LogP contribution in [0.2, 0.25) is 5.02 Å². The molecule has 0 amide bonds. The number of aromatic nitrogens is 1. The highest BCUT2D eigenvalue weighted by Gasteiger charge is 2.10. The van der Waals surface area contributed by atoms with Crippen molar-refractivity contribution in [2.24, 2.45) is 5.92 Å². The van der Waals surface area contributed by atoms with Gasteiger partial charge in [-0.25, -0.2) is 0 Å². The van der Waals surface area contributed by atoms with Crippen LogP contribution in [0.25, 0.3) is 10.9 Å². The second kappa shape index (κ2) is 4.30. The number of carbonyl (C=O) groups excluding carboxylic acids is 1. The molecule has 0 saturated carbocycles. The normalized spacial score (nSPS) is 11.2. The zero-order chi connectivity index (χ0) is 11.7. The molecule has 0 unspecified atom stereocenters. The number of rotatable bonds is 3. The Balaban J connectivity index is 2.39. The Labute approximate surface area is 99.8 Å². The molecule has 0 atom stereocenters. The quantitative estimate of drug-likeness (QED) is 0.798. The van der Waals surface area contributed by atoms with E-state index >= 15 is 0 Å². The van der Waals surface area contributed by atoms with Gasteiger partial charge in [-0.05, 0) is 18.2 Å². The van der Waals surface area contributed by atoms with Gasteiger partial charge in [-0.1, -0.05) is 31.5 Å². The second-order valence-corrected chi connectivity index (χ2v) is 4.64. The molecule has 0 radical (unpaired) electrons. The SMILES string of the molecule is CC(C)C(=O)Cn1ccc2c(Cl)cccc21. The summed E-state index contributed by atoms with van der Waals surface area (Å²) in [6, 6.07) is 7.69. The summed E-state index contributed by atoms with van der Waals surface area (Å²) in [7, 11) is 0. The first-order valence-corrected chi connectivity index (χ1v) is 5.73. The number of hydrogen-bond donors (Lipinski definition) is 0. The maximum Gasteiger partial charge on any atom is 0.155 e. The predicted octanol–water partition coefficient (Wildman–Crippen LogP) is 3.52. The van der Waals surface area contributed by atoms with E-state index in [9.17, 15) is 4.79 Å². The number of Topliss-reactive ketones (excluding diaryl/α,β-unsaturated/α-hetero) is 1. The Hall–Kier alpha value is -1.28. The lowest BCUT2D eigenvalue weighted by Gasteiger charge is -2.07. The number of ketones is 1. The van der Waals surface area contributed by atoms with Crippen molar-refractivity contribution >= 4 is 28.3 Å². The van der Waals surface area contributed by atoms with Gasteiger partial charge in [-0.2, -0.15) is 0 Å². The van der Waals surface area contributed by atoms with Crippen LogP contribution in [0, 0.1) is 5.92 Å². The lowest BCUT2D eigenvalue weighted by molar-refractivity contribution is -0.122. The molecule has 0 spiro atoms. The minimum absolute atomic E-state index is 0.0663. The largest absolute Gasteiger partial charge is 0.340 e. The fraction of sp³-hybridized carbons (Fsp3) is 0.308. The van der Waals surface area contributed by atoms with Crippen LogP contribution in [0.5, 0.6) is 0 Å². The zero-order valence-electron chi connectivity index (χ0n) is 9.40. The summed E-state index contributed by atoms with van der Waals surface area (Å²) in [5.74, 6) is 0.300. The molecular weight excluding hydrogens is 222 g/mol. The molecular formula is C13H14ClNO. The summed E-state index contributed by atoms with van der Waals surface area (Å²) in [5.41, 5.74) is 1.02. The molecule has 0 aliphatic heterocycles. The molecule has 2 aromatic rings. The number of halogens is 1. The average Bonchev–Trinajstić information content (AvgIpc) is 2.63. The van der Waals surface area contributed by atoms with Crippen molar-refractivity contribution in [1.29, 1.82) is 0 Å². The van der Waals surface area contributed by atoms with E-state index in [1.807, 2.05) is 48.9 Å². The van der Waals surface area contributed by atoms with Crippen LogP contribution in [-0.4, -0.2) is 10.4 Å². The standard InChI is InChI=1S/C13H14ClNO/c1-9(2)13(16)8-15-7-6-10-11(14)4-3-5-12(10)15/h3-7,9H,8H2,1-2H3. The minimum Gasteiger partial charge on any atom is -0.340 e. The minimum atomic E-state index is 0.0663. The molecule has 16 heavy (non-hydrogen) atoms. The number of benzene rings is 1. The van der Waals surface area contributed by atoms with Crippen molar-refractivity contribution < 1.29 is 4.79 Å². The molecule has 0 N–H and O–H groups in total. The Morgan fingerprint density at radius 3 is 2.81 bits per heavy atom. The van der Waals surface area contributed by atoms with Crippen LogP contribution in [0.1, 0.15) is 13.8 Å². The zero-order valence-corrected chi connectivity index (χ0v) is 10.2. The summed E-state index contributed by atoms with van der Waals surface area (Å²) >= 11 is 6.07. The molecule has 0 fully saturated rings. The monoisotopic (exact) mass is 235 g/mol. The van der Waals surface area contributed by atoms with E-state index in [4.69, 9.17) is 11.6 Å². The van der Waals surface area contributed by atoms with Crippen molar-refractivity contribution in [3.05, 3.63) is 35.5 Å². The summed E-state index contributed by atoms with van der Waals surface area (Å²) in [6.07, 6.45) is 1.91. The maximum atomic E-state index is 11.7. The van der Waals surface area contributed by atoms with Crippen LogP contribution >= 0.6 is 11.6 Å². The highest BCUT2D eigenvalue weighted by Crippen LogP contribution is 2.24. The summed E-state index contributed by atoms with van der Waals surface area (Å²) in [6.45, 7) is 4.25. The predicted molar refractivity (Wildman–Crippen MR) is 66.8 cm³/mol. The third-order valence-electron chi connectivity index (χ3n) is 2.73. The Morgan fingerprint density at radius 1 is 1.38 bits per heavy atom. The van der Waals surface area contributed by atoms with E-state index in [-0.39, 0.29) is 11.7 Å². The van der Waals surface area contributed by atoms with Gasteiger partial charge in [0, 0.05) is 28.0 Å². The number of hydrogen-bond acceptors (Lipinski definition) is 1. The number of fused-ring (bicyclic) bond motifs is 1. The molecule has 2 nitrogen and oxygen atoms in total. The molecule has 0 aliphatic carbocycles. The van der Waals surface area contributed by atoms with Crippen LogP contribution in [0.4, 0.5) is 0 Å². The first kappa shape index (κ1) is 11.2. The van der Waals surface area contributed by atoms with Crippen LogP contribution in [0.15, 0.2) is 30.5 Å². The molecule has 0 saturated heterocycles. The molecule has 2 rings (SSSR count). The van der Waals surface area contributed by atoms with Gasteiger partial charge in [0.15, 0.2) is 5.78 Å². The smallest absolute Gasteiger partial charge is 0.155 e. The van der Waals surface area contributed by atoms with Crippen LogP contribution < -0.4 is 0 Å². The summed E-state index contributed by atoms with van der Waals surface area (Å²) in [4.78, 5) is 11.7. The fourth-order valence-corrected chi connectivity index (χ4v) is 1.91. The van der Waals surface area contributed by atoms with Gasteiger partial charge in [0.25, 0.3) is 0 Å². The van der Waals surface area contributed by atoms with Crippen molar-refractivity contribution in [2.45, 2.75) is 20.4 Å². The van der Waals surface area contributed by atoms with Gasteiger partial charge in [0.1, 0.15) is 0 Å². The van der Waals surface area contributed by atoms with Gasteiger partial charge in [-0.15, -0.1) is 0 Å². The molecule has 84 valence electrons. The van der Waals surface area contributed by atoms with E-state index in [1.54, 1.807) is 0 Å². The van der Waals surface area contributed by atoms with Crippen molar-refractivity contribution in [3.63, 3.8) is 0 Å². The van der Waals surface area contributed by atoms with E-state index in [0.717, 1.165) is 15.9 Å². The molecule has 0 aliphatic rings. The van der Waals surface area contributed by atoms with Gasteiger partial charge >= 0.3 is 0 Å². The highest BCUT2D eigenvalue weighted by atomic mass is 35.5. The van der Waals surface area contributed by atoms with E-state index in [2.05, 4.69) is 0 Å². The first-order chi connectivity index (χ1) is 7.59. The third kappa shape index (κ3) is 1.98. The molecule has 3 heteroatoms. The molecule has 1 heterocycles. The fourth-order valence-electron chi connectivity index (χ4n) is 1.67. The lowest BCUT2D eigenvalue weighted by atomic mass is 10.1. The van der Waals surface area contributed by atoms with Crippen LogP contribution in [-0.2, 0) is 11.3 Å². The van der Waals surface area contributed by atoms with E-state index in [0.29, 0.717) is 6.54 Å². The maximum absolute atomic E-state index is 11.7. The Bertz CT molecular complexity index is 528. The first-order valence-electron chi connectivity index (χ1n) is 5.35. The third-order valence-corrected chi connectivity index (χ3v) is 3.06. The van der Waals surface area contributed by atoms with Gasteiger partial charge in [0.05, 0.1) is 6.54 Å². The van der Waals surface area contributed by atoms with Gasteiger partial charge in [0.2, 0.25) is 0 Å². The molecule has 1 aromatic heterocycles. The molecule has 1 aromatic carbocycles. The second-order valence-electron chi connectivity index (χ2n) is 4.24. The van der Waals surface area contributed by atoms with Crippen molar-refractivity contribution in [2.75, 3.05) is 0 Å². The molecule has 0 bridgehead atoms. The highest BCUT2D eigenvalue weighted by molar-refractivity contribution is 6.35. The van der Waals surface area contributed by atoms with Crippen molar-refractivity contribution in [3.8, 4) is 0 Å². The summed E-state index contributed by atoms with van der Waals surface area (Å²) in [5, 5.41) is 1.73. The Morgan fingerprint density at radius 2 is 2.12 bits per heavy atom. The van der Waals surface area contributed by atoms with Gasteiger partial charge < -0.3 is 4.57 Å². The number of carbonyl (C=O) groups is 1. The lowest BCUT2D eigenvalue weighted by Crippen LogP contribution is -2.14. The number of nitrogens with zero attached hydrogens (tertiary/aromatic N) is 1. The van der Waals surface area contributed by atoms with Gasteiger partial charge in [-0.3, -0.25) is 4.79 Å².